The number of carbonyl (C=O) groups is 3. The first-order chi connectivity index (χ1) is 18.8. The highest BCUT2D eigenvalue weighted by atomic mass is 16.5. The van der Waals surface area contributed by atoms with Crippen LogP contribution in [0.15, 0.2) is 24.3 Å². The zero-order valence-corrected chi connectivity index (χ0v) is 24.4. The van der Waals surface area contributed by atoms with Gasteiger partial charge in [0.25, 0.3) is 0 Å². The molecule has 1 heterocycles. The van der Waals surface area contributed by atoms with E-state index in [0.717, 1.165) is 40.9 Å². The number of hydrogen-bond donors (Lipinski definition) is 6. The van der Waals surface area contributed by atoms with Gasteiger partial charge in [0.1, 0.15) is 11.8 Å². The van der Waals surface area contributed by atoms with Crippen LogP contribution >= 0.6 is 0 Å². The number of nitrogens with two attached hydrogens (primary N) is 2. The van der Waals surface area contributed by atoms with Crippen LogP contribution in [0.2, 0.25) is 0 Å². The number of ether oxygens (including phenoxy) is 1. The quantitative estimate of drug-likeness (QED) is 0.169. The number of amides is 2. The van der Waals surface area contributed by atoms with Crippen LogP contribution in [0.1, 0.15) is 71.9 Å². The normalized spacial score (nSPS) is 13.8. The minimum atomic E-state index is -1.21. The first-order valence-electron chi connectivity index (χ1n) is 13.9. The summed E-state index contributed by atoms with van der Waals surface area (Å²) in [7, 11) is 1.64. The van der Waals surface area contributed by atoms with Gasteiger partial charge in [-0.25, -0.2) is 4.79 Å². The Morgan fingerprint density at radius 1 is 1.10 bits per heavy atom. The maximum absolute atomic E-state index is 12.3. The van der Waals surface area contributed by atoms with Crippen LogP contribution < -0.4 is 32.2 Å². The molecule has 0 bridgehead atoms. The number of hydrogen-bond acceptors (Lipinski definition) is 8. The van der Waals surface area contributed by atoms with Crippen LogP contribution in [0.25, 0.3) is 10.9 Å². The Kier molecular flexibility index (Phi) is 12.6. The third kappa shape index (κ3) is 10.3. The Bertz CT molecular complexity index is 1150. The summed E-state index contributed by atoms with van der Waals surface area (Å²) in [6.07, 6.45) is 2.38. The minimum absolute atomic E-state index is 0.0268. The summed E-state index contributed by atoms with van der Waals surface area (Å²) in [4.78, 5) is 40.9. The summed E-state index contributed by atoms with van der Waals surface area (Å²) >= 11 is 0. The third-order valence-corrected chi connectivity index (χ3v) is 6.64. The molecule has 11 heteroatoms. The van der Waals surface area contributed by atoms with Crippen molar-refractivity contribution in [3.63, 3.8) is 0 Å². The topological polar surface area (TPSA) is 182 Å². The summed E-state index contributed by atoms with van der Waals surface area (Å²) in [6.45, 7) is 9.31. The largest absolute Gasteiger partial charge is 0.497 e. The van der Waals surface area contributed by atoms with Gasteiger partial charge in [-0.1, -0.05) is 26.8 Å². The Labute approximate surface area is 236 Å². The van der Waals surface area contributed by atoms with Gasteiger partial charge in [0.15, 0.2) is 0 Å². The second-order valence-electron chi connectivity index (χ2n) is 11.2. The average Bonchev–Trinajstić information content (AvgIpc) is 2.90. The number of pyridine rings is 1. The summed E-state index contributed by atoms with van der Waals surface area (Å²) in [6, 6.07) is 6.11. The molecule has 0 saturated carbocycles. The molecule has 2 rings (SSSR count). The number of anilines is 1. The standard InChI is InChI=1S/C29H46N6O5/c1-18(33-23-17-20(40-5)16-19-10-12-24(29(2,3)4)35-26(19)23)8-7-15-32-25(36)13-11-22(28(38)39)34-27(37)21(31)9-6-14-30/h10,12,16-18,21-22,33H,6-9,11,13-15,30-31H2,1-5H3,(H,32,36)(H,34,37)(H,38,39)/t18?,21-,22+/m0/s1. The van der Waals surface area contributed by atoms with Crippen molar-refractivity contribution >= 4 is 34.4 Å². The van der Waals surface area contributed by atoms with Gasteiger partial charge in [0.05, 0.1) is 24.4 Å². The molecule has 0 spiro atoms. The number of nitrogens with zero attached hydrogens (tertiary/aromatic N) is 1. The molecule has 0 aliphatic rings. The van der Waals surface area contributed by atoms with Gasteiger partial charge in [0.2, 0.25) is 11.8 Å². The second-order valence-corrected chi connectivity index (χ2v) is 11.2. The summed E-state index contributed by atoms with van der Waals surface area (Å²) in [5.74, 6) is -1.29. The number of methoxy groups -OCH3 is 1. The molecule has 0 radical (unpaired) electrons. The lowest BCUT2D eigenvalue weighted by molar-refractivity contribution is -0.142. The molecule has 0 fully saturated rings. The van der Waals surface area contributed by atoms with Gasteiger partial charge in [-0.15, -0.1) is 0 Å². The third-order valence-electron chi connectivity index (χ3n) is 6.64. The number of carboxylic acids is 1. The van der Waals surface area contributed by atoms with Crippen molar-refractivity contribution in [2.75, 3.05) is 25.5 Å². The molecule has 0 saturated heterocycles. The highest BCUT2D eigenvalue weighted by molar-refractivity contribution is 5.92. The van der Waals surface area contributed by atoms with Gasteiger partial charge in [-0.2, -0.15) is 0 Å². The van der Waals surface area contributed by atoms with E-state index in [-0.39, 0.29) is 30.2 Å². The van der Waals surface area contributed by atoms with Gasteiger partial charge in [-0.05, 0) is 57.7 Å². The zero-order valence-electron chi connectivity index (χ0n) is 24.4. The first kappa shape index (κ1) is 32.8. The summed E-state index contributed by atoms with van der Waals surface area (Å²) in [5.41, 5.74) is 13.9. The second kappa shape index (κ2) is 15.4. The summed E-state index contributed by atoms with van der Waals surface area (Å²) < 4.78 is 5.48. The fourth-order valence-electron chi connectivity index (χ4n) is 4.20. The maximum atomic E-state index is 12.3. The smallest absolute Gasteiger partial charge is 0.326 e. The average molecular weight is 559 g/mol. The van der Waals surface area contributed by atoms with Crippen molar-refractivity contribution in [2.45, 2.75) is 89.8 Å². The van der Waals surface area contributed by atoms with Crippen molar-refractivity contribution in [1.82, 2.24) is 15.6 Å². The van der Waals surface area contributed by atoms with Gasteiger partial charge in [-0.3, -0.25) is 14.6 Å². The lowest BCUT2D eigenvalue weighted by Gasteiger charge is -2.21. The molecule has 222 valence electrons. The van der Waals surface area contributed by atoms with Crippen LogP contribution in [-0.2, 0) is 19.8 Å². The molecule has 2 aromatic rings. The Morgan fingerprint density at radius 3 is 2.45 bits per heavy atom. The van der Waals surface area contributed by atoms with E-state index in [2.05, 4.69) is 49.7 Å². The van der Waals surface area contributed by atoms with Crippen LogP contribution in [0.4, 0.5) is 5.69 Å². The van der Waals surface area contributed by atoms with E-state index in [0.29, 0.717) is 25.9 Å². The Hall–Kier alpha value is -3.44. The van der Waals surface area contributed by atoms with Crippen LogP contribution in [0.3, 0.4) is 0 Å². The van der Waals surface area contributed by atoms with E-state index in [1.807, 2.05) is 18.2 Å². The van der Waals surface area contributed by atoms with Crippen LogP contribution in [0.5, 0.6) is 5.75 Å². The maximum Gasteiger partial charge on any atom is 0.326 e. The fraction of sp³-hybridized carbons (Fsp3) is 0.586. The monoisotopic (exact) mass is 558 g/mol. The highest BCUT2D eigenvalue weighted by Crippen LogP contribution is 2.31. The van der Waals surface area contributed by atoms with Gasteiger partial charge < -0.3 is 37.3 Å². The van der Waals surface area contributed by atoms with E-state index >= 15 is 0 Å². The fourth-order valence-corrected chi connectivity index (χ4v) is 4.20. The van der Waals surface area contributed by atoms with E-state index < -0.39 is 24.0 Å². The van der Waals surface area contributed by atoms with Crippen LogP contribution in [-0.4, -0.2) is 66.2 Å². The molecule has 0 aliphatic carbocycles. The zero-order chi connectivity index (χ0) is 29.9. The molecular weight excluding hydrogens is 512 g/mol. The molecule has 1 unspecified atom stereocenters. The predicted octanol–water partition coefficient (Wildman–Crippen LogP) is 2.65. The molecule has 11 nitrogen and oxygen atoms in total. The van der Waals surface area contributed by atoms with Gasteiger partial charge >= 0.3 is 5.97 Å². The Morgan fingerprint density at radius 2 is 1.82 bits per heavy atom. The van der Waals surface area contributed by atoms with E-state index in [9.17, 15) is 19.5 Å². The highest BCUT2D eigenvalue weighted by Gasteiger charge is 2.24. The number of carboxylic acid groups (broad SMARTS) is 1. The molecule has 8 N–H and O–H groups in total. The number of aliphatic carboxylic acids is 1. The van der Waals surface area contributed by atoms with Crippen molar-refractivity contribution < 1.29 is 24.2 Å². The lowest BCUT2D eigenvalue weighted by Crippen LogP contribution is -2.48. The van der Waals surface area contributed by atoms with E-state index in [1.165, 1.54) is 0 Å². The number of nitrogens with one attached hydrogen (secondary N) is 3. The van der Waals surface area contributed by atoms with Crippen molar-refractivity contribution in [1.29, 1.82) is 0 Å². The summed E-state index contributed by atoms with van der Waals surface area (Å²) in [5, 5.41) is 19.2. The van der Waals surface area contributed by atoms with Crippen molar-refractivity contribution in [2.24, 2.45) is 11.5 Å². The Balaban J connectivity index is 1.85. The van der Waals surface area contributed by atoms with Crippen molar-refractivity contribution in [3.8, 4) is 5.75 Å². The SMILES string of the molecule is COc1cc(NC(C)CCCNC(=O)CC[C@@H](NC(=O)[C@@H](N)CCCN)C(=O)O)c2nc(C(C)(C)C)ccc2c1. The molecule has 0 aliphatic heterocycles. The predicted molar refractivity (Wildman–Crippen MR) is 157 cm³/mol. The first-order valence-corrected chi connectivity index (χ1v) is 13.9. The molecule has 1 aromatic heterocycles. The van der Waals surface area contributed by atoms with Crippen molar-refractivity contribution in [3.05, 3.63) is 30.0 Å². The minimum Gasteiger partial charge on any atom is -0.497 e. The number of carbonyl (C=O) groups excluding carboxylic acids is 2. The molecule has 3 atom stereocenters. The molecular formula is C29H46N6O5. The van der Waals surface area contributed by atoms with Crippen LogP contribution in [0, 0.1) is 0 Å². The number of fused-ring (bicyclic) bond motifs is 1. The number of rotatable bonds is 16. The van der Waals surface area contributed by atoms with E-state index in [1.54, 1.807) is 7.11 Å². The number of benzene rings is 1. The molecule has 40 heavy (non-hydrogen) atoms. The molecule has 1 aromatic carbocycles. The number of aromatic nitrogens is 1. The van der Waals surface area contributed by atoms with Gasteiger partial charge in [0, 0.05) is 41.6 Å². The molecule has 2 amide bonds. The lowest BCUT2D eigenvalue weighted by atomic mass is 9.91. The van der Waals surface area contributed by atoms with E-state index in [4.69, 9.17) is 21.2 Å².